The van der Waals surface area contributed by atoms with Crippen LogP contribution in [0.2, 0.25) is 0 Å². The number of hydrogen-bond donors (Lipinski definition) is 2. The number of ether oxygens (including phenoxy) is 1. The number of H-pyrrole nitrogens is 1. The van der Waals surface area contributed by atoms with Gasteiger partial charge in [-0.1, -0.05) is 13.8 Å². The van der Waals surface area contributed by atoms with Gasteiger partial charge in [-0.25, -0.2) is 4.79 Å². The highest BCUT2D eigenvalue weighted by molar-refractivity contribution is 7.71. The number of nitrogens with one attached hydrogen (secondary N) is 2. The topological polar surface area (TPSA) is 93.2 Å². The first-order valence-electron chi connectivity index (χ1n) is 8.44. The maximum absolute atomic E-state index is 12.6. The molecule has 7 nitrogen and oxygen atoms in total. The smallest absolute Gasteiger partial charge is 0.328 e. The van der Waals surface area contributed by atoms with E-state index in [9.17, 15) is 14.4 Å². The van der Waals surface area contributed by atoms with Crippen molar-refractivity contribution in [2.24, 2.45) is 5.92 Å². The number of carbonyl (C=O) groups is 2. The van der Waals surface area contributed by atoms with Gasteiger partial charge in [0.1, 0.15) is 6.04 Å². The van der Waals surface area contributed by atoms with E-state index >= 15 is 0 Å². The van der Waals surface area contributed by atoms with Gasteiger partial charge in [0.25, 0.3) is 11.5 Å². The van der Waals surface area contributed by atoms with Crippen molar-refractivity contribution in [1.82, 2.24) is 14.9 Å². The van der Waals surface area contributed by atoms with Crippen LogP contribution in [0.5, 0.6) is 0 Å². The highest BCUT2D eigenvalue weighted by Crippen LogP contribution is 2.12. The predicted molar refractivity (Wildman–Crippen MR) is 102 cm³/mol. The summed E-state index contributed by atoms with van der Waals surface area (Å²) in [6.07, 6.45) is 0.468. The molecule has 1 aromatic heterocycles. The highest BCUT2D eigenvalue weighted by atomic mass is 32.1. The summed E-state index contributed by atoms with van der Waals surface area (Å²) in [6.45, 7) is 6.20. The standard InChI is InChI=1S/C18H23N3O4S/c1-5-21-16(23)12-7-6-11(9-13(12)20-18(21)26)15(22)19-14(8-10(2)3)17(24)25-4/h6-7,9-10,14H,5,8H2,1-4H3,(H,19,22)(H,20,26). The molecule has 1 unspecified atom stereocenters. The number of benzene rings is 1. The Bertz CT molecular complexity index is 946. The van der Waals surface area contributed by atoms with Gasteiger partial charge in [0.2, 0.25) is 0 Å². The fourth-order valence-electron chi connectivity index (χ4n) is 2.75. The summed E-state index contributed by atoms with van der Waals surface area (Å²) >= 11 is 5.19. The molecule has 26 heavy (non-hydrogen) atoms. The minimum Gasteiger partial charge on any atom is -0.467 e. The van der Waals surface area contributed by atoms with Crippen molar-refractivity contribution in [1.29, 1.82) is 0 Å². The maximum atomic E-state index is 12.6. The lowest BCUT2D eigenvalue weighted by Crippen LogP contribution is -2.42. The van der Waals surface area contributed by atoms with Crippen LogP contribution in [0, 0.1) is 10.7 Å². The van der Waals surface area contributed by atoms with Crippen LogP contribution in [0.15, 0.2) is 23.0 Å². The average molecular weight is 377 g/mol. The molecule has 0 spiro atoms. The lowest BCUT2D eigenvalue weighted by atomic mass is 10.0. The summed E-state index contributed by atoms with van der Waals surface area (Å²) in [6, 6.07) is 3.97. The van der Waals surface area contributed by atoms with Crippen LogP contribution in [0.25, 0.3) is 10.9 Å². The summed E-state index contributed by atoms with van der Waals surface area (Å²) in [5.41, 5.74) is 0.607. The van der Waals surface area contributed by atoms with E-state index in [1.54, 1.807) is 18.2 Å². The number of hydrogen-bond acceptors (Lipinski definition) is 5. The Kier molecular flexibility index (Phi) is 6.31. The number of aromatic nitrogens is 2. The monoisotopic (exact) mass is 377 g/mol. The zero-order valence-electron chi connectivity index (χ0n) is 15.3. The molecule has 0 saturated heterocycles. The van der Waals surface area contributed by atoms with Crippen molar-refractivity contribution in [2.75, 3.05) is 7.11 Å². The minimum atomic E-state index is -0.727. The summed E-state index contributed by atoms with van der Waals surface area (Å²) in [5, 5.41) is 3.14. The first-order chi connectivity index (χ1) is 12.3. The molecule has 0 bridgehead atoms. The summed E-state index contributed by atoms with van der Waals surface area (Å²) in [7, 11) is 1.29. The Morgan fingerprint density at radius 3 is 2.62 bits per heavy atom. The van der Waals surface area contributed by atoms with Gasteiger partial charge >= 0.3 is 5.97 Å². The molecule has 2 N–H and O–H groups in total. The van der Waals surface area contributed by atoms with Crippen LogP contribution in [0.3, 0.4) is 0 Å². The molecule has 2 aromatic rings. The van der Waals surface area contributed by atoms with E-state index in [0.717, 1.165) is 0 Å². The third-order valence-corrected chi connectivity index (χ3v) is 4.38. The molecule has 2 rings (SSSR count). The van der Waals surface area contributed by atoms with Gasteiger partial charge in [-0.05, 0) is 49.7 Å². The molecule has 0 fully saturated rings. The van der Waals surface area contributed by atoms with E-state index in [1.807, 2.05) is 20.8 Å². The number of aromatic amines is 1. The van der Waals surface area contributed by atoms with Crippen molar-refractivity contribution in [3.05, 3.63) is 38.9 Å². The van der Waals surface area contributed by atoms with E-state index in [-0.39, 0.29) is 11.5 Å². The molecule has 1 atom stereocenters. The third kappa shape index (κ3) is 4.19. The number of methoxy groups -OCH3 is 1. The molecule has 0 aliphatic carbocycles. The van der Waals surface area contributed by atoms with Gasteiger partial charge in [0.15, 0.2) is 4.77 Å². The Morgan fingerprint density at radius 1 is 1.35 bits per heavy atom. The maximum Gasteiger partial charge on any atom is 0.328 e. The van der Waals surface area contributed by atoms with Crippen molar-refractivity contribution in [3.8, 4) is 0 Å². The molecule has 1 amide bonds. The quantitative estimate of drug-likeness (QED) is 0.596. The normalized spacial score (nSPS) is 12.2. The third-order valence-electron chi connectivity index (χ3n) is 4.06. The van der Waals surface area contributed by atoms with Crippen molar-refractivity contribution < 1.29 is 14.3 Å². The Labute approximate surface area is 156 Å². The van der Waals surface area contributed by atoms with Gasteiger partial charge < -0.3 is 15.0 Å². The average Bonchev–Trinajstić information content (AvgIpc) is 2.59. The largest absolute Gasteiger partial charge is 0.467 e. The predicted octanol–water partition coefficient (Wildman–Crippen LogP) is 2.40. The van der Waals surface area contributed by atoms with Crippen molar-refractivity contribution in [3.63, 3.8) is 0 Å². The molecular weight excluding hydrogens is 354 g/mol. The molecule has 1 heterocycles. The number of amides is 1. The number of nitrogens with zero attached hydrogens (tertiary/aromatic N) is 1. The number of carbonyl (C=O) groups excluding carboxylic acids is 2. The molecule has 0 aliphatic rings. The van der Waals surface area contributed by atoms with E-state index in [4.69, 9.17) is 17.0 Å². The van der Waals surface area contributed by atoms with Crippen LogP contribution < -0.4 is 10.9 Å². The van der Waals surface area contributed by atoms with Crippen molar-refractivity contribution in [2.45, 2.75) is 39.8 Å². The lowest BCUT2D eigenvalue weighted by molar-refractivity contribution is -0.143. The second kappa shape index (κ2) is 8.27. The molecule has 0 aliphatic heterocycles. The highest BCUT2D eigenvalue weighted by Gasteiger charge is 2.23. The van der Waals surface area contributed by atoms with Crippen LogP contribution in [-0.2, 0) is 16.1 Å². The van der Waals surface area contributed by atoms with Gasteiger partial charge in [0, 0.05) is 12.1 Å². The zero-order valence-corrected chi connectivity index (χ0v) is 16.1. The van der Waals surface area contributed by atoms with E-state index in [0.29, 0.717) is 34.2 Å². The van der Waals surface area contributed by atoms with Crippen molar-refractivity contribution >= 4 is 35.0 Å². The Morgan fingerprint density at radius 2 is 2.04 bits per heavy atom. The van der Waals surface area contributed by atoms with E-state index in [2.05, 4.69) is 10.3 Å². The van der Waals surface area contributed by atoms with Gasteiger partial charge in [-0.15, -0.1) is 0 Å². The SMILES string of the molecule is CCn1c(=S)[nH]c2cc(C(=O)NC(CC(C)C)C(=O)OC)ccc2c1=O. The van der Waals surface area contributed by atoms with Gasteiger partial charge in [-0.3, -0.25) is 14.2 Å². The summed E-state index contributed by atoms with van der Waals surface area (Å²) < 4.78 is 6.51. The fourth-order valence-corrected chi connectivity index (χ4v) is 3.07. The number of esters is 1. The number of fused-ring (bicyclic) bond motifs is 1. The first-order valence-corrected chi connectivity index (χ1v) is 8.84. The van der Waals surface area contributed by atoms with Crippen LogP contribution in [0.1, 0.15) is 37.6 Å². The summed E-state index contributed by atoms with van der Waals surface area (Å²) in [4.78, 5) is 39.8. The van der Waals surface area contributed by atoms with Gasteiger partial charge in [0.05, 0.1) is 18.0 Å². The lowest BCUT2D eigenvalue weighted by Gasteiger charge is -2.18. The Balaban J connectivity index is 2.37. The van der Waals surface area contributed by atoms with E-state index < -0.39 is 17.9 Å². The first kappa shape index (κ1) is 19.8. The second-order valence-electron chi connectivity index (χ2n) is 6.42. The second-order valence-corrected chi connectivity index (χ2v) is 6.81. The van der Waals surface area contributed by atoms with Crippen LogP contribution in [-0.4, -0.2) is 34.6 Å². The molecule has 0 radical (unpaired) electrons. The fraction of sp³-hybridized carbons (Fsp3) is 0.444. The van der Waals surface area contributed by atoms with Crippen LogP contribution in [0.4, 0.5) is 0 Å². The molecule has 8 heteroatoms. The molecule has 140 valence electrons. The molecule has 1 aromatic carbocycles. The summed E-state index contributed by atoms with van der Waals surface area (Å²) in [5.74, 6) is -0.695. The molecule has 0 saturated carbocycles. The van der Waals surface area contributed by atoms with Crippen LogP contribution >= 0.6 is 12.2 Å². The Hall–Kier alpha value is -2.48. The number of rotatable bonds is 6. The minimum absolute atomic E-state index is 0.203. The molecular formula is C18H23N3O4S. The van der Waals surface area contributed by atoms with E-state index in [1.165, 1.54) is 11.7 Å². The van der Waals surface area contributed by atoms with Gasteiger partial charge in [-0.2, -0.15) is 0 Å². The zero-order chi connectivity index (χ0) is 19.4.